The maximum atomic E-state index is 13.4. The number of nitrogens with zero attached hydrogens (tertiary/aromatic N) is 11. The molecule has 8 aromatic rings. The SMILES string of the molecule is CC(=O)O[C@@H]1O[C@H](C(C)C)C[C@H]1OC(C)=O.CCCCn1c(=O)[nH]c2nc(NC(C)=O)[nH]c(=O)c21.CCCCn1c(=O)n([C@@H]2O[C@H]([C@@H](C)C(F)(F)F)C[C@H]2OC(C)=O)c2nc(NC(C)=O)[nH]c(=O)c21.CCCCn1c(=O)n([C@@H]2O[C@H]([C@@H](O)C(F)(F)F)C[C@H]2O)c2nc(N)[nH]c(=O)c21.CCCCn1c(=O)n([C@@H]2O[C@H]([C@H](C)C(F)(F)F)C[C@H]2OC(C)=O)c2nc(NC(C)=O)[nH]c(=O)c21. The number of carbonyl (C=O) groups is 7. The fraction of sp³-hybridized carbons (Fsp3) is 0.649. The third-order valence-corrected chi connectivity index (χ3v) is 20.9. The van der Waals surface area contributed by atoms with Gasteiger partial charge in [0.1, 0.15) is 18.3 Å². The van der Waals surface area contributed by atoms with Crippen LogP contribution in [-0.4, -0.2) is 208 Å². The molecule has 4 aliphatic rings. The number of nitrogen functional groups attached to an aromatic ring is 1. The number of aliphatic hydroxyl groups excluding tert-OH is 2. The number of aryl methyl sites for hydroxylation is 4. The molecule has 726 valence electrons. The molecule has 0 spiro atoms. The van der Waals surface area contributed by atoms with Crippen LogP contribution in [-0.2, 0) is 97.6 Å². The number of anilines is 4. The zero-order chi connectivity index (χ0) is 97.8. The number of ether oxygens (including phenoxy) is 8. The molecule has 15 atom stereocenters. The van der Waals surface area contributed by atoms with E-state index in [0.717, 1.165) is 67.9 Å². The number of esters is 4. The van der Waals surface area contributed by atoms with Gasteiger partial charge in [0.15, 0.2) is 75.5 Å². The van der Waals surface area contributed by atoms with Crippen molar-refractivity contribution in [2.24, 2.45) is 17.8 Å². The molecule has 0 aromatic carbocycles. The number of rotatable bonds is 26. The molecule has 4 fully saturated rings. The van der Waals surface area contributed by atoms with Gasteiger partial charge in [0.25, 0.3) is 22.2 Å². The Morgan fingerprint density at radius 2 is 0.771 bits per heavy atom. The van der Waals surface area contributed by atoms with E-state index in [2.05, 4.69) is 60.8 Å². The number of hydrogen-bond acceptors (Lipinski definition) is 30. The molecule has 0 bridgehead atoms. The van der Waals surface area contributed by atoms with Crippen LogP contribution in [0, 0.1) is 17.8 Å². The van der Waals surface area contributed by atoms with Gasteiger partial charge in [0.05, 0.1) is 36.3 Å². The monoisotopic (exact) mass is 1880 g/mol. The van der Waals surface area contributed by atoms with E-state index in [4.69, 9.17) is 43.6 Å². The number of alkyl halides is 9. The normalized spacial score (nSPS) is 21.5. The quantitative estimate of drug-likeness (QED) is 0.0184. The van der Waals surface area contributed by atoms with Gasteiger partial charge in [-0.3, -0.25) is 112 Å². The Labute approximate surface area is 733 Å². The van der Waals surface area contributed by atoms with Gasteiger partial charge >= 0.3 is 65.2 Å². The summed E-state index contributed by atoms with van der Waals surface area (Å²) in [5.41, 5.74) is -0.413. The van der Waals surface area contributed by atoms with Crippen molar-refractivity contribution in [2.75, 3.05) is 21.7 Å². The minimum atomic E-state index is -4.96. The van der Waals surface area contributed by atoms with Crippen molar-refractivity contribution in [3.63, 3.8) is 0 Å². The summed E-state index contributed by atoms with van der Waals surface area (Å²) >= 11 is 0. The molecule has 0 unspecified atom stereocenters. The Morgan fingerprint density at radius 3 is 1.13 bits per heavy atom. The lowest BCUT2D eigenvalue weighted by atomic mass is 10.0. The van der Waals surface area contributed by atoms with Gasteiger partial charge < -0.3 is 53.8 Å². The molecule has 54 heteroatoms. The molecule has 8 aromatic heterocycles. The van der Waals surface area contributed by atoms with Crippen molar-refractivity contribution in [1.82, 2.24) is 76.8 Å². The van der Waals surface area contributed by atoms with E-state index in [1.165, 1.54) is 39.2 Å². The Bertz CT molecular complexity index is 5760. The average molecular weight is 1880 g/mol. The number of nitrogens with one attached hydrogen (secondary N) is 8. The Hall–Kier alpha value is -12.2. The summed E-state index contributed by atoms with van der Waals surface area (Å²) in [6.07, 6.45) is -26.6. The van der Waals surface area contributed by atoms with E-state index in [-0.39, 0.29) is 119 Å². The highest BCUT2D eigenvalue weighted by Gasteiger charge is 2.54. The smallest absolute Gasteiger partial charge is 0.416 e. The number of fused-ring (bicyclic) bond motifs is 4. The van der Waals surface area contributed by atoms with E-state index in [0.29, 0.717) is 57.4 Å². The lowest BCUT2D eigenvalue weighted by Crippen LogP contribution is -2.39. The van der Waals surface area contributed by atoms with Gasteiger partial charge in [-0.2, -0.15) is 59.4 Å². The molecule has 4 saturated heterocycles. The van der Waals surface area contributed by atoms with Crippen molar-refractivity contribution in [2.45, 2.75) is 306 Å². The van der Waals surface area contributed by atoms with Crippen LogP contribution in [0.15, 0.2) is 38.4 Å². The minimum absolute atomic E-state index is 0.0221. The van der Waals surface area contributed by atoms with E-state index < -0.39 is 186 Å². The second-order valence-corrected chi connectivity index (χ2v) is 31.6. The van der Waals surface area contributed by atoms with Crippen molar-refractivity contribution in [3.05, 3.63) is 83.4 Å². The number of aromatic amines is 5. The van der Waals surface area contributed by atoms with E-state index in [1.54, 1.807) is 0 Å². The summed E-state index contributed by atoms with van der Waals surface area (Å²) in [7, 11) is 0. The summed E-state index contributed by atoms with van der Waals surface area (Å²) < 4.78 is 168. The van der Waals surface area contributed by atoms with Crippen LogP contribution in [0.2, 0.25) is 0 Å². The van der Waals surface area contributed by atoms with Crippen molar-refractivity contribution in [1.29, 1.82) is 0 Å². The van der Waals surface area contributed by atoms with E-state index in [9.17, 15) is 122 Å². The largest absolute Gasteiger partial charge is 0.458 e. The Balaban J connectivity index is 0.000000207. The number of unbranched alkanes of at least 4 members (excludes halogenated alkanes) is 4. The summed E-state index contributed by atoms with van der Waals surface area (Å²) in [4.78, 5) is 208. The highest BCUT2D eigenvalue weighted by atomic mass is 19.4. The molecule has 0 saturated carbocycles. The van der Waals surface area contributed by atoms with Crippen molar-refractivity contribution < 1.29 is 121 Å². The van der Waals surface area contributed by atoms with Crippen LogP contribution >= 0.6 is 0 Å². The number of carbonyl (C=O) groups excluding carboxylic acids is 7. The second kappa shape index (κ2) is 43.7. The molecule has 12 N–H and O–H groups in total. The maximum Gasteiger partial charge on any atom is 0.416 e. The first-order valence-corrected chi connectivity index (χ1v) is 41.6. The van der Waals surface area contributed by atoms with E-state index >= 15 is 0 Å². The topological polar surface area (TPSA) is 597 Å². The molecular formula is C77H105F9N20O25. The van der Waals surface area contributed by atoms with Crippen molar-refractivity contribution in [3.8, 4) is 0 Å². The Morgan fingerprint density at radius 1 is 0.435 bits per heavy atom. The Kier molecular flexibility index (Phi) is 34.8. The molecule has 4 aliphatic heterocycles. The number of aliphatic hydroxyl groups is 2. The number of H-pyrrole nitrogens is 5. The number of imidazole rings is 4. The fourth-order valence-corrected chi connectivity index (χ4v) is 14.6. The highest BCUT2D eigenvalue weighted by molar-refractivity contribution is 5.89. The molecule has 0 aliphatic carbocycles. The standard InChI is InChI=1S/2C20H26F3N5O6.C15H20F3N5O5.C11H15N5O3.C11H18O5/c2*1-5-6-7-27-14-15(25-18(24-10(3)29)26-16(14)31)28(19(27)32)17-13(33-11(4)30)8-12(34-17)9(2)20(21,22)23;1-2-3-4-22-8-10(20-13(19)21-11(8)26)23(14(22)27)12-6(24)5-7(28-12)9(25)15(16,17)18;1-3-4-5-16-7-8(14-11(16)19)13-10(12-6(2)17)15-9(7)18;1-6(2)9-5-10(14-7(3)12)11(16-9)15-8(4)13/h2*9,12-13,17H,5-8H2,1-4H3,(H2,24,25,26,29,31);6-7,9,12,24-25H,2-5H2,1H3,(H3,19,20,21,26);3-5H2,1-2H3,(H3,12,13,14,15,17,18,19);6,9-11H,5H2,1-4H3/t9-,12+,13-,17-;9-,12-,13+,17+;6-,7+,9-,12-;;9-,10+,11+/m101.0/s1. The van der Waals surface area contributed by atoms with Crippen LogP contribution in [0.1, 0.15) is 200 Å². The maximum absolute atomic E-state index is 13.4. The third kappa shape index (κ3) is 25.3. The molecule has 0 radical (unpaired) electrons. The van der Waals surface area contributed by atoms with Gasteiger partial charge in [-0.05, 0) is 31.6 Å². The third-order valence-electron chi connectivity index (χ3n) is 20.9. The van der Waals surface area contributed by atoms with Gasteiger partial charge in [-0.15, -0.1) is 0 Å². The number of halogens is 9. The van der Waals surface area contributed by atoms with Crippen LogP contribution in [0.25, 0.3) is 44.7 Å². The van der Waals surface area contributed by atoms with Crippen LogP contribution in [0.3, 0.4) is 0 Å². The summed E-state index contributed by atoms with van der Waals surface area (Å²) in [6.45, 7) is 22.9. The lowest BCUT2D eigenvalue weighted by molar-refractivity contribution is -0.237. The van der Waals surface area contributed by atoms with Crippen LogP contribution < -0.4 is 66.7 Å². The minimum Gasteiger partial charge on any atom is -0.458 e. The molecule has 12 heterocycles. The van der Waals surface area contributed by atoms with Gasteiger partial charge in [0, 0.05) is 100 Å². The number of amides is 3. The summed E-state index contributed by atoms with van der Waals surface area (Å²) in [6, 6.07) is 0. The molecule has 45 nitrogen and oxygen atoms in total. The van der Waals surface area contributed by atoms with Gasteiger partial charge in [-0.25, -0.2) is 32.9 Å². The zero-order valence-corrected chi connectivity index (χ0v) is 73.7. The fourth-order valence-electron chi connectivity index (χ4n) is 14.6. The second-order valence-electron chi connectivity index (χ2n) is 31.6. The average Bonchev–Trinajstić information content (AvgIpc) is 1.60. The predicted molar refractivity (Wildman–Crippen MR) is 442 cm³/mol. The lowest BCUT2D eigenvalue weighted by Gasteiger charge is -2.22. The number of nitrogens with two attached hydrogens (primary N) is 1. The van der Waals surface area contributed by atoms with Gasteiger partial charge in [0.2, 0.25) is 47.8 Å². The summed E-state index contributed by atoms with van der Waals surface area (Å²) in [5, 5.41) is 26.6. The van der Waals surface area contributed by atoms with E-state index in [1.807, 2.05) is 41.5 Å². The van der Waals surface area contributed by atoms with Gasteiger partial charge in [-0.1, -0.05) is 81.1 Å². The first kappa shape index (κ1) is 104. The first-order valence-electron chi connectivity index (χ1n) is 41.6. The summed E-state index contributed by atoms with van der Waals surface area (Å²) in [5.74, 6) is -8.15. The first-order chi connectivity index (χ1) is 61.2. The molecule has 131 heavy (non-hydrogen) atoms. The number of hydrogen-bond donors (Lipinski definition) is 11. The van der Waals surface area contributed by atoms with Crippen LogP contribution in [0.5, 0.6) is 0 Å². The predicted octanol–water partition coefficient (Wildman–Crippen LogP) is 5.39. The molecular weight excluding hydrogens is 1780 g/mol. The molecule has 12 rings (SSSR count). The number of aromatic nitrogens is 16. The zero-order valence-electron chi connectivity index (χ0n) is 73.7. The highest BCUT2D eigenvalue weighted by Crippen LogP contribution is 2.44. The van der Waals surface area contributed by atoms with Crippen LogP contribution in [0.4, 0.5) is 63.3 Å². The molecule has 3 amide bonds. The van der Waals surface area contributed by atoms with Crippen molar-refractivity contribution >= 4 is 110 Å².